The van der Waals surface area contributed by atoms with E-state index >= 15 is 0 Å². The molecule has 0 saturated carbocycles. The van der Waals surface area contributed by atoms with Gasteiger partial charge in [-0.1, -0.05) is 15.9 Å². The lowest BCUT2D eigenvalue weighted by atomic mass is 10.1. The molecule has 0 atom stereocenters. The summed E-state index contributed by atoms with van der Waals surface area (Å²) in [5, 5.41) is 0. The molecule has 128 valence electrons. The number of aromatic nitrogens is 1. The topological polar surface area (TPSA) is 62.5 Å². The number of hydrogen-bond donors (Lipinski definition) is 1. The molecule has 3 rings (SSSR count). The number of hydrogen-bond acceptors (Lipinski definition) is 4. The first-order valence-electron chi connectivity index (χ1n) is 7.59. The van der Waals surface area contributed by atoms with Crippen molar-refractivity contribution < 1.29 is 4.79 Å². The van der Waals surface area contributed by atoms with Gasteiger partial charge in [-0.2, -0.15) is 0 Å². The van der Waals surface area contributed by atoms with Gasteiger partial charge in [-0.25, -0.2) is 0 Å². The predicted octanol–water partition coefficient (Wildman–Crippen LogP) is 2.81. The molecular weight excluding hydrogens is 392 g/mol. The van der Waals surface area contributed by atoms with Gasteiger partial charge < -0.3 is 10.6 Å². The summed E-state index contributed by atoms with van der Waals surface area (Å²) in [6.07, 6.45) is 3.62. The lowest BCUT2D eigenvalue weighted by Gasteiger charge is -2.35. The van der Waals surface area contributed by atoms with E-state index in [0.29, 0.717) is 11.3 Å². The van der Waals surface area contributed by atoms with Crippen LogP contribution in [0.1, 0.15) is 15.9 Å². The molecule has 1 aliphatic heterocycles. The Hall–Kier alpha value is -1.63. The maximum atomic E-state index is 12.6. The van der Waals surface area contributed by atoms with E-state index in [0.717, 1.165) is 37.2 Å². The fourth-order valence-electron chi connectivity index (χ4n) is 2.75. The number of nitrogen functional groups attached to an aromatic ring is 1. The van der Waals surface area contributed by atoms with Crippen LogP contribution in [0, 0.1) is 0 Å². The zero-order valence-electron chi connectivity index (χ0n) is 13.2. The number of benzene rings is 1. The Morgan fingerprint density at radius 1 is 1.12 bits per heavy atom. The highest BCUT2D eigenvalue weighted by molar-refractivity contribution is 9.10. The second-order valence-corrected chi connectivity index (χ2v) is 6.57. The summed E-state index contributed by atoms with van der Waals surface area (Å²) < 4.78 is 0.883. The van der Waals surface area contributed by atoms with Crippen molar-refractivity contribution in [1.82, 2.24) is 14.8 Å². The highest BCUT2D eigenvalue weighted by Gasteiger charge is 2.23. The summed E-state index contributed by atoms with van der Waals surface area (Å²) in [5.74, 6) is 0.0126. The van der Waals surface area contributed by atoms with Crippen molar-refractivity contribution in [2.75, 3.05) is 31.9 Å². The fourth-order valence-corrected chi connectivity index (χ4v) is 3.13. The first-order valence-corrected chi connectivity index (χ1v) is 8.38. The molecule has 1 aliphatic rings. The SMILES string of the molecule is Cl.Nc1cc(Br)ccc1C(=O)N1CCN(Cc2ccncc2)CC1. The predicted molar refractivity (Wildman–Crippen MR) is 101 cm³/mol. The third-order valence-electron chi connectivity index (χ3n) is 4.06. The quantitative estimate of drug-likeness (QED) is 0.789. The summed E-state index contributed by atoms with van der Waals surface area (Å²) >= 11 is 3.36. The first-order chi connectivity index (χ1) is 11.1. The zero-order chi connectivity index (χ0) is 16.2. The zero-order valence-corrected chi connectivity index (χ0v) is 15.6. The Bertz CT molecular complexity index is 690. The molecule has 0 spiro atoms. The lowest BCUT2D eigenvalue weighted by molar-refractivity contribution is 0.0629. The van der Waals surface area contributed by atoms with Crippen molar-refractivity contribution in [2.24, 2.45) is 0 Å². The van der Waals surface area contributed by atoms with Gasteiger partial charge in [-0.05, 0) is 35.9 Å². The summed E-state index contributed by atoms with van der Waals surface area (Å²) in [6, 6.07) is 9.46. The highest BCUT2D eigenvalue weighted by atomic mass is 79.9. The van der Waals surface area contributed by atoms with Crippen LogP contribution in [0.25, 0.3) is 0 Å². The smallest absolute Gasteiger partial charge is 0.256 e. The number of halogens is 2. The number of amides is 1. The second kappa shape index (κ2) is 8.46. The van der Waals surface area contributed by atoms with Crippen molar-refractivity contribution in [3.8, 4) is 0 Å². The molecule has 1 aromatic heterocycles. The van der Waals surface area contributed by atoms with E-state index in [1.165, 1.54) is 5.56 Å². The van der Waals surface area contributed by atoms with Gasteiger partial charge in [0.2, 0.25) is 0 Å². The van der Waals surface area contributed by atoms with Crippen LogP contribution >= 0.6 is 28.3 Å². The van der Waals surface area contributed by atoms with Crippen LogP contribution in [0.2, 0.25) is 0 Å². The number of pyridine rings is 1. The maximum Gasteiger partial charge on any atom is 0.256 e. The van der Waals surface area contributed by atoms with E-state index in [2.05, 4.69) is 25.8 Å². The molecule has 0 bridgehead atoms. The molecule has 1 amide bonds. The Morgan fingerprint density at radius 3 is 2.42 bits per heavy atom. The third-order valence-corrected chi connectivity index (χ3v) is 4.55. The van der Waals surface area contributed by atoms with E-state index in [-0.39, 0.29) is 18.3 Å². The van der Waals surface area contributed by atoms with Gasteiger partial charge in [0.15, 0.2) is 0 Å². The monoisotopic (exact) mass is 410 g/mol. The van der Waals surface area contributed by atoms with Gasteiger partial charge in [0, 0.05) is 55.3 Å². The third kappa shape index (κ3) is 4.47. The molecule has 2 heterocycles. The molecule has 1 saturated heterocycles. The standard InChI is InChI=1S/C17H19BrN4O.ClH/c18-14-1-2-15(16(19)11-14)17(23)22-9-7-21(8-10-22)12-13-3-5-20-6-4-13;/h1-6,11H,7-10,12,19H2;1H. The molecule has 24 heavy (non-hydrogen) atoms. The van der Waals surface area contributed by atoms with Crippen molar-refractivity contribution in [3.05, 3.63) is 58.3 Å². The molecule has 0 aliphatic carbocycles. The van der Waals surface area contributed by atoms with E-state index < -0.39 is 0 Å². The summed E-state index contributed by atoms with van der Waals surface area (Å²) in [7, 11) is 0. The molecule has 2 aromatic rings. The fraction of sp³-hybridized carbons (Fsp3) is 0.294. The molecule has 1 fully saturated rings. The molecule has 0 unspecified atom stereocenters. The average Bonchev–Trinajstić information content (AvgIpc) is 2.56. The van der Waals surface area contributed by atoms with Crippen LogP contribution in [-0.2, 0) is 6.54 Å². The number of rotatable bonds is 3. The lowest BCUT2D eigenvalue weighted by Crippen LogP contribution is -2.48. The van der Waals surface area contributed by atoms with Crippen molar-refractivity contribution in [1.29, 1.82) is 0 Å². The molecule has 5 nitrogen and oxygen atoms in total. The molecule has 2 N–H and O–H groups in total. The number of nitrogens with zero attached hydrogens (tertiary/aromatic N) is 3. The first kappa shape index (κ1) is 18.7. The summed E-state index contributed by atoms with van der Waals surface area (Å²) in [4.78, 5) is 20.9. The number of carbonyl (C=O) groups excluding carboxylic acids is 1. The largest absolute Gasteiger partial charge is 0.398 e. The van der Waals surface area contributed by atoms with Gasteiger partial charge in [0.1, 0.15) is 0 Å². The number of carbonyl (C=O) groups is 1. The number of nitrogens with two attached hydrogens (primary N) is 1. The van der Waals surface area contributed by atoms with Gasteiger partial charge in [-0.3, -0.25) is 14.7 Å². The van der Waals surface area contributed by atoms with Crippen molar-refractivity contribution >= 4 is 39.9 Å². The van der Waals surface area contributed by atoms with Crippen LogP contribution in [0.3, 0.4) is 0 Å². The Morgan fingerprint density at radius 2 is 1.79 bits per heavy atom. The van der Waals surface area contributed by atoms with Gasteiger partial charge in [-0.15, -0.1) is 12.4 Å². The minimum Gasteiger partial charge on any atom is -0.398 e. The van der Waals surface area contributed by atoms with Crippen LogP contribution < -0.4 is 5.73 Å². The highest BCUT2D eigenvalue weighted by Crippen LogP contribution is 2.21. The van der Waals surface area contributed by atoms with Crippen molar-refractivity contribution in [3.63, 3.8) is 0 Å². The maximum absolute atomic E-state index is 12.6. The van der Waals surface area contributed by atoms with E-state index in [1.54, 1.807) is 12.1 Å². The average molecular weight is 412 g/mol. The molecule has 0 radical (unpaired) electrons. The van der Waals surface area contributed by atoms with E-state index in [1.807, 2.05) is 35.5 Å². The molecule has 7 heteroatoms. The Labute approximate surface area is 156 Å². The Balaban J connectivity index is 0.00000208. The molecule has 1 aromatic carbocycles. The molecular formula is C17H20BrClN4O. The van der Waals surface area contributed by atoms with Crippen LogP contribution in [0.4, 0.5) is 5.69 Å². The minimum atomic E-state index is 0. The van der Waals surface area contributed by atoms with Crippen molar-refractivity contribution in [2.45, 2.75) is 6.54 Å². The van der Waals surface area contributed by atoms with E-state index in [4.69, 9.17) is 5.73 Å². The normalized spacial score (nSPS) is 15.0. The van der Waals surface area contributed by atoms with Gasteiger partial charge >= 0.3 is 0 Å². The Kier molecular flexibility index (Phi) is 6.60. The van der Waals surface area contributed by atoms with Gasteiger partial charge in [0.05, 0.1) is 5.56 Å². The van der Waals surface area contributed by atoms with E-state index in [9.17, 15) is 4.79 Å². The summed E-state index contributed by atoms with van der Waals surface area (Å²) in [5.41, 5.74) is 8.31. The summed E-state index contributed by atoms with van der Waals surface area (Å²) in [6.45, 7) is 4.07. The van der Waals surface area contributed by atoms with Gasteiger partial charge in [0.25, 0.3) is 5.91 Å². The minimum absolute atomic E-state index is 0. The second-order valence-electron chi connectivity index (χ2n) is 5.66. The van der Waals surface area contributed by atoms with Crippen LogP contribution in [0.5, 0.6) is 0 Å². The van der Waals surface area contributed by atoms with Crippen LogP contribution in [-0.4, -0.2) is 46.9 Å². The number of anilines is 1. The van der Waals surface area contributed by atoms with Crippen LogP contribution in [0.15, 0.2) is 47.2 Å². The number of piperazine rings is 1.